The Morgan fingerprint density at radius 1 is 1.15 bits per heavy atom. The van der Waals surface area contributed by atoms with Crippen molar-refractivity contribution in [2.45, 2.75) is 126 Å². The zero-order valence-corrected chi connectivity index (χ0v) is 32.4. The number of pyridine rings is 1. The van der Waals surface area contributed by atoms with Gasteiger partial charge in [0.15, 0.2) is 0 Å². The van der Waals surface area contributed by atoms with E-state index in [-0.39, 0.29) is 31.4 Å². The van der Waals surface area contributed by atoms with E-state index in [1.54, 1.807) is 40.1 Å². The van der Waals surface area contributed by atoms with Gasteiger partial charge in [0.2, 0.25) is 27.7 Å². The van der Waals surface area contributed by atoms with Crippen LogP contribution in [0, 0.1) is 5.92 Å². The highest BCUT2D eigenvalue weighted by Crippen LogP contribution is 2.46. The summed E-state index contributed by atoms with van der Waals surface area (Å²) in [5.74, 6) is -1.61. The average Bonchev–Trinajstić information content (AvgIpc) is 4.03. The number of ether oxygens (including phenoxy) is 4. The predicted molar refractivity (Wildman–Crippen MR) is 198 cm³/mol. The van der Waals surface area contributed by atoms with Gasteiger partial charge in [-0.2, -0.15) is 0 Å². The molecule has 3 heterocycles. The number of fused-ring (bicyclic) bond motifs is 3. The maximum atomic E-state index is 14.8. The minimum atomic E-state index is -3.91. The summed E-state index contributed by atoms with van der Waals surface area (Å²) in [5, 5.41) is 6.46. The Morgan fingerprint density at radius 3 is 2.59 bits per heavy atom. The fourth-order valence-corrected chi connectivity index (χ4v) is 8.51. The molecule has 7 atom stereocenters. The zero-order chi connectivity index (χ0) is 39.0. The number of nitrogens with one attached hydrogen (secondary N) is 3. The first kappa shape index (κ1) is 39.3. The molecule has 2 aliphatic carbocycles. The van der Waals surface area contributed by atoms with Gasteiger partial charge in [-0.3, -0.25) is 19.1 Å². The van der Waals surface area contributed by atoms with Crippen molar-refractivity contribution >= 4 is 44.6 Å². The van der Waals surface area contributed by atoms with E-state index in [9.17, 15) is 27.6 Å². The maximum absolute atomic E-state index is 14.8. The van der Waals surface area contributed by atoms with Crippen LogP contribution >= 0.6 is 0 Å². The molecule has 1 saturated heterocycles. The fourth-order valence-electron chi connectivity index (χ4n) is 7.14. The van der Waals surface area contributed by atoms with E-state index in [1.165, 1.54) is 4.90 Å². The largest absolute Gasteiger partial charge is 0.497 e. The second kappa shape index (κ2) is 15.4. The molecule has 2 aromatic rings. The molecule has 16 heteroatoms. The number of rotatable bonds is 8. The van der Waals surface area contributed by atoms with E-state index in [0.717, 1.165) is 5.39 Å². The number of allylic oxidation sites excluding steroid dienone is 1. The molecule has 6 rings (SSSR count). The first-order valence-corrected chi connectivity index (χ1v) is 20.2. The molecule has 2 aliphatic heterocycles. The van der Waals surface area contributed by atoms with E-state index in [4.69, 9.17) is 18.9 Å². The average molecular weight is 770 g/mol. The molecule has 2 saturated carbocycles. The van der Waals surface area contributed by atoms with Crippen LogP contribution < -0.4 is 24.8 Å². The van der Waals surface area contributed by atoms with Gasteiger partial charge >= 0.3 is 6.09 Å². The van der Waals surface area contributed by atoms with Gasteiger partial charge in [0.05, 0.1) is 31.1 Å². The summed E-state index contributed by atoms with van der Waals surface area (Å²) >= 11 is 0. The number of carbonyl (C=O) groups is 4. The van der Waals surface area contributed by atoms with Gasteiger partial charge in [-0.25, -0.2) is 18.2 Å². The number of sulfonamides is 1. The van der Waals surface area contributed by atoms with Crippen LogP contribution in [0.3, 0.4) is 0 Å². The van der Waals surface area contributed by atoms with Crippen LogP contribution in [0.15, 0.2) is 42.6 Å². The van der Waals surface area contributed by atoms with E-state index in [0.29, 0.717) is 43.2 Å². The van der Waals surface area contributed by atoms with Crippen LogP contribution in [0.4, 0.5) is 4.79 Å². The third-order valence-electron chi connectivity index (χ3n) is 10.3. The molecule has 0 bridgehead atoms. The molecule has 1 aromatic heterocycles. The lowest BCUT2D eigenvalue weighted by Crippen LogP contribution is -2.60. The number of benzene rings is 1. The number of alkyl carbamates (subject to hydrolysis) is 1. The van der Waals surface area contributed by atoms with Gasteiger partial charge in [0.25, 0.3) is 5.91 Å². The Morgan fingerprint density at radius 2 is 1.91 bits per heavy atom. The smallest absolute Gasteiger partial charge is 0.408 e. The summed E-state index contributed by atoms with van der Waals surface area (Å²) in [5.41, 5.74) is -2.40. The minimum Gasteiger partial charge on any atom is -0.497 e. The Hall–Kier alpha value is -4.44. The zero-order valence-electron chi connectivity index (χ0n) is 31.6. The van der Waals surface area contributed by atoms with Gasteiger partial charge in [-0.15, -0.1) is 0 Å². The molecule has 0 radical (unpaired) electrons. The summed E-state index contributed by atoms with van der Waals surface area (Å²) in [6.07, 6.45) is 5.20. The monoisotopic (exact) mass is 769 g/mol. The Balaban J connectivity index is 1.36. The molecule has 1 aromatic carbocycles. The molecule has 4 aliphatic rings. The third-order valence-corrected chi connectivity index (χ3v) is 12.1. The third kappa shape index (κ3) is 8.75. The molecular formula is C38H51N5O10S. The lowest BCUT2D eigenvalue weighted by atomic mass is 10.0. The lowest BCUT2D eigenvalue weighted by Gasteiger charge is -2.34. The van der Waals surface area contributed by atoms with Crippen molar-refractivity contribution in [3.8, 4) is 11.6 Å². The quantitative estimate of drug-likeness (QED) is 0.333. The van der Waals surface area contributed by atoms with Crippen LogP contribution in [-0.2, 0) is 33.9 Å². The number of nitrogens with zero attached hydrogens (tertiary/aromatic N) is 2. The van der Waals surface area contributed by atoms with Crippen molar-refractivity contribution in [2.24, 2.45) is 5.92 Å². The summed E-state index contributed by atoms with van der Waals surface area (Å²) < 4.78 is 51.7. The Kier molecular flexibility index (Phi) is 11.2. The van der Waals surface area contributed by atoms with Crippen LogP contribution in [-0.4, -0.2) is 103 Å². The van der Waals surface area contributed by atoms with Gasteiger partial charge in [0, 0.05) is 23.9 Å². The SMILES string of the molecule is CC[C@@H]1O[C@@H](C)CC/C=C\[C@@H]2C[C@@]2(C(=O)NS(=O)(=O)C2CC2)NC(=O)[C@@H]2C[C@@H](Oc3nccc4cc(OC)ccc34)CN2C(=O)[C@H]1NC(=O)OC(C)(C)C. The van der Waals surface area contributed by atoms with Crippen molar-refractivity contribution in [3.63, 3.8) is 0 Å². The first-order valence-electron chi connectivity index (χ1n) is 18.6. The highest BCUT2D eigenvalue weighted by atomic mass is 32.2. The van der Waals surface area contributed by atoms with Crippen molar-refractivity contribution in [2.75, 3.05) is 13.7 Å². The summed E-state index contributed by atoms with van der Waals surface area (Å²) in [6, 6.07) is 4.82. The van der Waals surface area contributed by atoms with Crippen LogP contribution in [0.1, 0.15) is 79.6 Å². The number of hydrogen-bond acceptors (Lipinski definition) is 11. The number of carbonyl (C=O) groups excluding carboxylic acids is 4. The molecule has 3 N–H and O–H groups in total. The molecule has 294 valence electrons. The number of methoxy groups -OCH3 is 1. The van der Waals surface area contributed by atoms with Gasteiger partial charge in [-0.1, -0.05) is 19.1 Å². The van der Waals surface area contributed by atoms with Crippen LogP contribution in [0.2, 0.25) is 0 Å². The van der Waals surface area contributed by atoms with Crippen molar-refractivity contribution < 1.29 is 46.5 Å². The summed E-state index contributed by atoms with van der Waals surface area (Å²) in [4.78, 5) is 62.0. The molecular weight excluding hydrogens is 719 g/mol. The topological polar surface area (TPSA) is 192 Å². The lowest BCUT2D eigenvalue weighted by molar-refractivity contribution is -0.145. The second-order valence-corrected chi connectivity index (χ2v) is 17.6. The van der Waals surface area contributed by atoms with Gasteiger partial charge < -0.3 is 34.5 Å². The van der Waals surface area contributed by atoms with Crippen molar-refractivity contribution in [1.29, 1.82) is 0 Å². The van der Waals surface area contributed by atoms with E-state index in [1.807, 2.05) is 44.2 Å². The van der Waals surface area contributed by atoms with Crippen molar-refractivity contribution in [3.05, 3.63) is 42.6 Å². The standard InChI is InChI=1S/C38H51N5O10S/c1-7-30-31(40-36(47)53-37(3,4)5)34(45)43-21-26(52-33-28-15-12-25(50-6)18-23(28)16-17-39-33)19-29(43)32(44)41-38(35(46)42-54(48,49)27-13-14-27)20-24(38)11-9-8-10-22(2)51-30/h9,11-12,15-18,22,24,26-27,29-31H,7-8,10,13-14,19-21H2,1-6H3,(H,40,47)(H,41,44)(H,42,46)/b11-9-/t22-,24+,26+,29-,30-,31-,38+/m0/s1. The maximum Gasteiger partial charge on any atom is 0.408 e. The Bertz CT molecular complexity index is 1910. The molecule has 0 unspecified atom stereocenters. The van der Waals surface area contributed by atoms with E-state index >= 15 is 0 Å². The Labute approximate surface area is 315 Å². The second-order valence-electron chi connectivity index (χ2n) is 15.7. The summed E-state index contributed by atoms with van der Waals surface area (Å²) in [7, 11) is -2.34. The van der Waals surface area contributed by atoms with Crippen LogP contribution in [0.5, 0.6) is 11.6 Å². The minimum absolute atomic E-state index is 0.0115. The molecule has 54 heavy (non-hydrogen) atoms. The highest BCUT2D eigenvalue weighted by molar-refractivity contribution is 7.91. The van der Waals surface area contributed by atoms with Gasteiger partial charge in [-0.05, 0) is 95.9 Å². The molecule has 4 amide bonds. The van der Waals surface area contributed by atoms with Crippen LogP contribution in [0.25, 0.3) is 10.8 Å². The molecule has 15 nitrogen and oxygen atoms in total. The fraction of sp³-hybridized carbons (Fsp3) is 0.605. The van der Waals surface area contributed by atoms with E-state index < -0.39 is 80.4 Å². The van der Waals surface area contributed by atoms with Gasteiger partial charge in [0.1, 0.15) is 35.1 Å². The van der Waals surface area contributed by atoms with E-state index in [2.05, 4.69) is 20.3 Å². The number of hydrogen-bond donors (Lipinski definition) is 3. The summed E-state index contributed by atoms with van der Waals surface area (Å²) in [6.45, 7) is 8.78. The number of amides is 4. The predicted octanol–water partition coefficient (Wildman–Crippen LogP) is 3.50. The molecule has 0 spiro atoms. The van der Waals surface area contributed by atoms with Crippen molar-refractivity contribution in [1.82, 2.24) is 25.2 Å². The molecule has 3 fully saturated rings. The normalized spacial score (nSPS) is 29.8. The number of aromatic nitrogens is 1. The first-order chi connectivity index (χ1) is 25.5. The highest BCUT2D eigenvalue weighted by Gasteiger charge is 2.62.